The van der Waals surface area contributed by atoms with Crippen LogP contribution in [0.1, 0.15) is 33.1 Å². The minimum Gasteiger partial charge on any atom is -0.339 e. The van der Waals surface area contributed by atoms with E-state index in [1.165, 1.54) is 0 Å². The zero-order chi connectivity index (χ0) is 11.7. The number of amides is 1. The third-order valence-corrected chi connectivity index (χ3v) is 2.43. The number of carbonyl (C=O) groups excluding carboxylic acids is 1. The molecule has 88 valence electrons. The van der Waals surface area contributed by atoms with Gasteiger partial charge in [0.15, 0.2) is 0 Å². The van der Waals surface area contributed by atoms with Crippen molar-refractivity contribution >= 4 is 5.91 Å². The summed E-state index contributed by atoms with van der Waals surface area (Å²) in [6, 6.07) is 0. The predicted octanol–water partition coefficient (Wildman–Crippen LogP) is 1.79. The minimum atomic E-state index is -0.0125. The Kier molecular flexibility index (Phi) is 8.01. The molecule has 0 aromatic carbocycles. The maximum Gasteiger partial charge on any atom is 0.227 e. The molecule has 3 heteroatoms. The second kappa shape index (κ2) is 8.48. The summed E-state index contributed by atoms with van der Waals surface area (Å²) < 4.78 is 0. The maximum absolute atomic E-state index is 12.0. The van der Waals surface area contributed by atoms with Gasteiger partial charge in [-0.25, -0.2) is 0 Å². The molecule has 0 saturated carbocycles. The summed E-state index contributed by atoms with van der Waals surface area (Å²) in [5.74, 6) is 0.169. The highest BCUT2D eigenvalue weighted by atomic mass is 16.2. The topological polar surface area (TPSA) is 46.3 Å². The first-order valence-electron chi connectivity index (χ1n) is 5.80. The van der Waals surface area contributed by atoms with Gasteiger partial charge in [-0.1, -0.05) is 26.3 Å². The molecule has 0 heterocycles. The summed E-state index contributed by atoms with van der Waals surface area (Å²) in [4.78, 5) is 13.9. The quantitative estimate of drug-likeness (QED) is 0.623. The highest BCUT2D eigenvalue weighted by Gasteiger charge is 2.20. The van der Waals surface area contributed by atoms with Crippen molar-refractivity contribution in [3.8, 4) is 0 Å². The summed E-state index contributed by atoms with van der Waals surface area (Å²) in [5, 5.41) is 0. The average Bonchev–Trinajstić information content (AvgIpc) is 2.24. The zero-order valence-corrected chi connectivity index (χ0v) is 10.0. The van der Waals surface area contributed by atoms with Gasteiger partial charge in [-0.05, 0) is 12.8 Å². The van der Waals surface area contributed by atoms with E-state index < -0.39 is 0 Å². The Morgan fingerprint density at radius 1 is 1.47 bits per heavy atom. The van der Waals surface area contributed by atoms with Gasteiger partial charge < -0.3 is 10.6 Å². The van der Waals surface area contributed by atoms with Crippen LogP contribution >= 0.6 is 0 Å². The number of carbonyl (C=O) groups is 1. The van der Waals surface area contributed by atoms with E-state index in [4.69, 9.17) is 5.73 Å². The van der Waals surface area contributed by atoms with Gasteiger partial charge >= 0.3 is 0 Å². The molecule has 0 aromatic heterocycles. The van der Waals surface area contributed by atoms with E-state index in [1.807, 2.05) is 4.90 Å². The fraction of sp³-hybridized carbons (Fsp3) is 0.750. The van der Waals surface area contributed by atoms with Gasteiger partial charge in [-0.15, -0.1) is 6.58 Å². The second-order valence-corrected chi connectivity index (χ2v) is 3.79. The molecule has 0 rings (SSSR count). The van der Waals surface area contributed by atoms with Crippen LogP contribution in [0.4, 0.5) is 0 Å². The first kappa shape index (κ1) is 14.2. The molecule has 0 saturated heterocycles. The molecule has 1 amide bonds. The largest absolute Gasteiger partial charge is 0.339 e. The lowest BCUT2D eigenvalue weighted by Crippen LogP contribution is -2.39. The van der Waals surface area contributed by atoms with Gasteiger partial charge in [0.25, 0.3) is 0 Å². The highest BCUT2D eigenvalue weighted by Crippen LogP contribution is 2.09. The molecule has 0 fully saturated rings. The van der Waals surface area contributed by atoms with Crippen molar-refractivity contribution in [3.63, 3.8) is 0 Å². The highest BCUT2D eigenvalue weighted by molar-refractivity contribution is 5.79. The van der Waals surface area contributed by atoms with E-state index in [0.717, 1.165) is 25.8 Å². The first-order chi connectivity index (χ1) is 7.21. The maximum atomic E-state index is 12.0. The fourth-order valence-corrected chi connectivity index (χ4v) is 1.67. The van der Waals surface area contributed by atoms with Crippen molar-refractivity contribution in [3.05, 3.63) is 12.7 Å². The predicted molar refractivity (Wildman–Crippen MR) is 64.5 cm³/mol. The van der Waals surface area contributed by atoms with Crippen molar-refractivity contribution < 1.29 is 4.79 Å². The third kappa shape index (κ3) is 4.98. The average molecular weight is 212 g/mol. The van der Waals surface area contributed by atoms with Crippen molar-refractivity contribution in [1.29, 1.82) is 0 Å². The normalized spacial score (nSPS) is 12.2. The zero-order valence-electron chi connectivity index (χ0n) is 10.0. The lowest BCUT2D eigenvalue weighted by atomic mass is 10.0. The van der Waals surface area contributed by atoms with Crippen molar-refractivity contribution in [2.45, 2.75) is 33.1 Å². The van der Waals surface area contributed by atoms with Crippen molar-refractivity contribution in [2.24, 2.45) is 11.7 Å². The second-order valence-electron chi connectivity index (χ2n) is 3.79. The Labute approximate surface area is 93.3 Å². The van der Waals surface area contributed by atoms with Crippen LogP contribution < -0.4 is 5.73 Å². The van der Waals surface area contributed by atoms with Crippen molar-refractivity contribution in [2.75, 3.05) is 19.6 Å². The molecule has 0 aliphatic rings. The Hall–Kier alpha value is -0.830. The van der Waals surface area contributed by atoms with Gasteiger partial charge in [0.2, 0.25) is 5.91 Å². The third-order valence-electron chi connectivity index (χ3n) is 2.43. The summed E-state index contributed by atoms with van der Waals surface area (Å²) in [7, 11) is 0. The number of rotatable bonds is 8. The molecule has 3 nitrogen and oxygen atoms in total. The SMILES string of the molecule is C=CCN(CCC)C(=O)C(CN)CCC. The summed E-state index contributed by atoms with van der Waals surface area (Å²) in [6.45, 7) is 9.70. The van der Waals surface area contributed by atoms with Gasteiger partial charge in [-0.2, -0.15) is 0 Å². The van der Waals surface area contributed by atoms with Crippen LogP contribution in [-0.4, -0.2) is 30.4 Å². The minimum absolute atomic E-state index is 0.0125. The monoisotopic (exact) mass is 212 g/mol. The Balaban J connectivity index is 4.36. The van der Waals surface area contributed by atoms with Crippen LogP contribution in [0.15, 0.2) is 12.7 Å². The first-order valence-corrected chi connectivity index (χ1v) is 5.80. The van der Waals surface area contributed by atoms with Gasteiger partial charge in [0.1, 0.15) is 0 Å². The molecule has 0 bridgehead atoms. The van der Waals surface area contributed by atoms with E-state index in [0.29, 0.717) is 13.1 Å². The molecule has 2 N–H and O–H groups in total. The lowest BCUT2D eigenvalue weighted by Gasteiger charge is -2.25. The summed E-state index contributed by atoms with van der Waals surface area (Å²) in [6.07, 6.45) is 4.63. The molecule has 1 atom stereocenters. The summed E-state index contributed by atoms with van der Waals surface area (Å²) in [5.41, 5.74) is 5.62. The standard InChI is InChI=1S/C12H24N2O/c1-4-7-11(10-13)12(15)14(8-5-2)9-6-3/h5,11H,2,4,6-10,13H2,1,3H3. The molecular formula is C12H24N2O. The Morgan fingerprint density at radius 2 is 2.13 bits per heavy atom. The van der Waals surface area contributed by atoms with Gasteiger partial charge in [0.05, 0.1) is 5.92 Å². The van der Waals surface area contributed by atoms with Gasteiger partial charge in [0, 0.05) is 19.6 Å². The van der Waals surface area contributed by atoms with Crippen LogP contribution in [0.2, 0.25) is 0 Å². The fourth-order valence-electron chi connectivity index (χ4n) is 1.67. The number of nitrogens with zero attached hydrogens (tertiary/aromatic N) is 1. The molecular weight excluding hydrogens is 188 g/mol. The van der Waals surface area contributed by atoms with Crippen LogP contribution in [0.5, 0.6) is 0 Å². The molecule has 0 aromatic rings. The summed E-state index contributed by atoms with van der Waals surface area (Å²) >= 11 is 0. The van der Waals surface area contributed by atoms with E-state index in [9.17, 15) is 4.79 Å². The van der Waals surface area contributed by atoms with Crippen LogP contribution in [0.3, 0.4) is 0 Å². The van der Waals surface area contributed by atoms with E-state index in [-0.39, 0.29) is 11.8 Å². The molecule has 0 aliphatic heterocycles. The molecule has 0 spiro atoms. The van der Waals surface area contributed by atoms with E-state index >= 15 is 0 Å². The molecule has 0 radical (unpaired) electrons. The number of nitrogens with two attached hydrogens (primary N) is 1. The van der Waals surface area contributed by atoms with Crippen molar-refractivity contribution in [1.82, 2.24) is 4.90 Å². The van der Waals surface area contributed by atoms with Crippen LogP contribution in [0.25, 0.3) is 0 Å². The Morgan fingerprint density at radius 3 is 2.53 bits per heavy atom. The lowest BCUT2D eigenvalue weighted by molar-refractivity contribution is -0.135. The van der Waals surface area contributed by atoms with E-state index in [2.05, 4.69) is 20.4 Å². The molecule has 0 aliphatic carbocycles. The van der Waals surface area contributed by atoms with E-state index in [1.54, 1.807) is 6.08 Å². The van der Waals surface area contributed by atoms with Crippen LogP contribution in [0, 0.1) is 5.92 Å². The van der Waals surface area contributed by atoms with Gasteiger partial charge in [-0.3, -0.25) is 4.79 Å². The Bertz CT molecular complexity index is 192. The number of hydrogen-bond acceptors (Lipinski definition) is 2. The smallest absolute Gasteiger partial charge is 0.227 e. The molecule has 1 unspecified atom stereocenters. The molecule has 15 heavy (non-hydrogen) atoms. The number of hydrogen-bond donors (Lipinski definition) is 1. The van der Waals surface area contributed by atoms with Crippen LogP contribution in [-0.2, 0) is 4.79 Å².